The fraction of sp³-hybridized carbons (Fsp3) is 0.333. The number of thiocarbonyl (C=S) groups is 1. The van der Waals surface area contributed by atoms with Gasteiger partial charge in [-0.15, -0.1) is 0 Å². The molecule has 3 nitrogen and oxygen atoms in total. The molecule has 0 saturated carbocycles. The molecule has 100 valence electrons. The molecule has 1 aromatic carbocycles. The average molecular weight is 274 g/mol. The highest BCUT2D eigenvalue weighted by atomic mass is 32.1. The first kappa shape index (κ1) is 13.7. The van der Waals surface area contributed by atoms with Gasteiger partial charge in [0.1, 0.15) is 10.7 Å². The highest BCUT2D eigenvalue weighted by molar-refractivity contribution is 7.80. The molecule has 2 rings (SSSR count). The minimum absolute atomic E-state index is 0.401. The van der Waals surface area contributed by atoms with Crippen molar-refractivity contribution in [1.29, 1.82) is 0 Å². The molecule has 0 fully saturated rings. The zero-order chi connectivity index (χ0) is 13.8. The molecule has 0 atom stereocenters. The third-order valence-electron chi connectivity index (χ3n) is 3.12. The van der Waals surface area contributed by atoms with Crippen LogP contribution in [0.2, 0.25) is 0 Å². The number of aryl methyl sites for hydroxylation is 1. The van der Waals surface area contributed by atoms with E-state index in [0.29, 0.717) is 4.99 Å². The van der Waals surface area contributed by atoms with E-state index in [-0.39, 0.29) is 0 Å². The van der Waals surface area contributed by atoms with Crippen LogP contribution in [-0.2, 0) is 6.42 Å². The molecule has 0 aliphatic heterocycles. The smallest absolute Gasteiger partial charge is 0.119 e. The predicted molar refractivity (Wildman–Crippen MR) is 82.8 cm³/mol. The summed E-state index contributed by atoms with van der Waals surface area (Å²) in [6, 6.07) is 7.79. The van der Waals surface area contributed by atoms with E-state index in [1.165, 1.54) is 0 Å². The quantitative estimate of drug-likeness (QED) is 0.850. The topological polar surface area (TPSA) is 48.1 Å². The summed E-state index contributed by atoms with van der Waals surface area (Å²) in [5.74, 6) is 0.785. The van der Waals surface area contributed by atoms with Gasteiger partial charge >= 0.3 is 0 Å². The Balaban J connectivity index is 2.58. The lowest BCUT2D eigenvalue weighted by Gasteiger charge is -2.09. The number of rotatable bonds is 5. The van der Waals surface area contributed by atoms with Gasteiger partial charge in [0.15, 0.2) is 0 Å². The van der Waals surface area contributed by atoms with E-state index in [1.807, 2.05) is 24.3 Å². The van der Waals surface area contributed by atoms with Gasteiger partial charge in [-0.2, -0.15) is 0 Å². The summed E-state index contributed by atoms with van der Waals surface area (Å²) in [5, 5.41) is 0.951. The van der Waals surface area contributed by atoms with Gasteiger partial charge in [-0.3, -0.25) is 4.98 Å². The summed E-state index contributed by atoms with van der Waals surface area (Å²) in [4.78, 5) is 5.06. The Hall–Kier alpha value is -1.68. The number of fused-ring (bicyclic) bond motifs is 1. The van der Waals surface area contributed by atoms with Crippen LogP contribution in [0.4, 0.5) is 0 Å². The number of nitrogens with zero attached hydrogens (tertiary/aromatic N) is 1. The molecule has 0 aliphatic carbocycles. The maximum absolute atomic E-state index is 5.83. The molecular formula is C15H18N2OS. The maximum atomic E-state index is 5.83. The minimum atomic E-state index is 0.401. The van der Waals surface area contributed by atoms with Crippen LogP contribution in [0.15, 0.2) is 24.3 Å². The van der Waals surface area contributed by atoms with Crippen LogP contribution in [-0.4, -0.2) is 17.1 Å². The zero-order valence-electron chi connectivity index (χ0n) is 11.3. The fourth-order valence-electron chi connectivity index (χ4n) is 2.08. The van der Waals surface area contributed by atoms with E-state index >= 15 is 0 Å². The summed E-state index contributed by atoms with van der Waals surface area (Å²) in [7, 11) is 1.64. The SMILES string of the molecule is CCCCc1cc(C(N)=S)c2cc(OC)ccc2n1. The first-order chi connectivity index (χ1) is 9.15. The molecular weight excluding hydrogens is 256 g/mol. The summed E-state index contributed by atoms with van der Waals surface area (Å²) >= 11 is 5.15. The van der Waals surface area contributed by atoms with Gasteiger partial charge in [0.25, 0.3) is 0 Å². The molecule has 0 aliphatic rings. The molecule has 0 bridgehead atoms. The number of benzene rings is 1. The van der Waals surface area contributed by atoms with Crippen LogP contribution in [0.5, 0.6) is 5.75 Å². The van der Waals surface area contributed by atoms with Crippen LogP contribution in [0.1, 0.15) is 31.0 Å². The van der Waals surface area contributed by atoms with Gasteiger partial charge in [-0.25, -0.2) is 0 Å². The van der Waals surface area contributed by atoms with E-state index < -0.39 is 0 Å². The molecule has 0 spiro atoms. The first-order valence-corrected chi connectivity index (χ1v) is 6.84. The molecule has 0 unspecified atom stereocenters. The van der Waals surface area contributed by atoms with Crippen molar-refractivity contribution in [1.82, 2.24) is 4.98 Å². The first-order valence-electron chi connectivity index (χ1n) is 6.43. The lowest BCUT2D eigenvalue weighted by molar-refractivity contribution is 0.415. The molecule has 0 amide bonds. The van der Waals surface area contributed by atoms with Crippen molar-refractivity contribution >= 4 is 28.1 Å². The summed E-state index contributed by atoms with van der Waals surface area (Å²) < 4.78 is 5.24. The van der Waals surface area contributed by atoms with Crippen molar-refractivity contribution in [3.05, 3.63) is 35.5 Å². The largest absolute Gasteiger partial charge is 0.497 e. The molecule has 0 radical (unpaired) electrons. The predicted octanol–water partition coefficient (Wildman–Crippen LogP) is 3.22. The highest BCUT2D eigenvalue weighted by Gasteiger charge is 2.09. The van der Waals surface area contributed by atoms with E-state index in [2.05, 4.69) is 11.9 Å². The summed E-state index contributed by atoms with van der Waals surface area (Å²) in [5.41, 5.74) is 8.67. The van der Waals surface area contributed by atoms with Gasteiger partial charge in [-0.05, 0) is 37.1 Å². The Labute approximate surface area is 118 Å². The summed E-state index contributed by atoms with van der Waals surface area (Å²) in [6.07, 6.45) is 3.21. The lowest BCUT2D eigenvalue weighted by atomic mass is 10.0. The summed E-state index contributed by atoms with van der Waals surface area (Å²) in [6.45, 7) is 2.17. The van der Waals surface area contributed by atoms with Gasteiger partial charge in [0.05, 0.1) is 12.6 Å². The number of nitrogens with two attached hydrogens (primary N) is 1. The van der Waals surface area contributed by atoms with Crippen molar-refractivity contribution < 1.29 is 4.74 Å². The standard InChI is InChI=1S/C15H18N2OS/c1-3-4-5-10-8-13(15(16)19)12-9-11(18-2)6-7-14(12)17-10/h6-9H,3-5H2,1-2H3,(H2,16,19). The Morgan fingerprint density at radius 3 is 2.79 bits per heavy atom. The maximum Gasteiger partial charge on any atom is 0.119 e. The second-order valence-electron chi connectivity index (χ2n) is 4.51. The molecule has 19 heavy (non-hydrogen) atoms. The van der Waals surface area contributed by atoms with Crippen molar-refractivity contribution in [2.75, 3.05) is 7.11 Å². The van der Waals surface area contributed by atoms with Gasteiger partial charge in [-0.1, -0.05) is 25.6 Å². The number of hydrogen-bond acceptors (Lipinski definition) is 3. The van der Waals surface area contributed by atoms with Gasteiger partial charge < -0.3 is 10.5 Å². The van der Waals surface area contributed by atoms with E-state index in [0.717, 1.165) is 47.2 Å². The minimum Gasteiger partial charge on any atom is -0.497 e. The molecule has 2 aromatic rings. The number of unbranched alkanes of at least 4 members (excludes halogenated alkanes) is 1. The molecule has 2 N–H and O–H groups in total. The van der Waals surface area contributed by atoms with Crippen molar-refractivity contribution in [2.45, 2.75) is 26.2 Å². The second-order valence-corrected chi connectivity index (χ2v) is 4.95. The number of methoxy groups -OCH3 is 1. The monoisotopic (exact) mass is 274 g/mol. The molecule has 1 aromatic heterocycles. The van der Waals surface area contributed by atoms with Gasteiger partial charge in [0, 0.05) is 16.6 Å². The van der Waals surface area contributed by atoms with Crippen LogP contribution >= 0.6 is 12.2 Å². The second kappa shape index (κ2) is 5.97. The normalized spacial score (nSPS) is 10.6. The van der Waals surface area contributed by atoms with Crippen LogP contribution < -0.4 is 10.5 Å². The number of ether oxygens (including phenoxy) is 1. The van der Waals surface area contributed by atoms with Gasteiger partial charge in [0.2, 0.25) is 0 Å². The number of hydrogen-bond donors (Lipinski definition) is 1. The number of aromatic nitrogens is 1. The Morgan fingerprint density at radius 1 is 1.37 bits per heavy atom. The van der Waals surface area contributed by atoms with Crippen LogP contribution in [0.3, 0.4) is 0 Å². The molecule has 1 heterocycles. The fourth-order valence-corrected chi connectivity index (χ4v) is 2.25. The Morgan fingerprint density at radius 2 is 2.16 bits per heavy atom. The zero-order valence-corrected chi connectivity index (χ0v) is 12.1. The Bertz CT molecular complexity index is 610. The van der Waals surface area contributed by atoms with E-state index in [9.17, 15) is 0 Å². The van der Waals surface area contributed by atoms with Crippen LogP contribution in [0, 0.1) is 0 Å². The average Bonchev–Trinajstić information content (AvgIpc) is 2.43. The number of pyridine rings is 1. The molecule has 4 heteroatoms. The van der Waals surface area contributed by atoms with Crippen molar-refractivity contribution in [2.24, 2.45) is 5.73 Å². The molecule has 0 saturated heterocycles. The van der Waals surface area contributed by atoms with Crippen molar-refractivity contribution in [3.63, 3.8) is 0 Å². The highest BCUT2D eigenvalue weighted by Crippen LogP contribution is 2.24. The third-order valence-corrected chi connectivity index (χ3v) is 3.34. The third kappa shape index (κ3) is 3.01. The van der Waals surface area contributed by atoms with E-state index in [4.69, 9.17) is 22.7 Å². The van der Waals surface area contributed by atoms with Crippen LogP contribution in [0.25, 0.3) is 10.9 Å². The van der Waals surface area contributed by atoms with E-state index in [1.54, 1.807) is 7.11 Å². The van der Waals surface area contributed by atoms with Crippen molar-refractivity contribution in [3.8, 4) is 5.75 Å². The lowest BCUT2D eigenvalue weighted by Crippen LogP contribution is -2.11. The Kier molecular flexibility index (Phi) is 4.32.